The van der Waals surface area contributed by atoms with Gasteiger partial charge in [-0.3, -0.25) is 5.41 Å². The van der Waals surface area contributed by atoms with Crippen molar-refractivity contribution >= 4 is 5.84 Å². The summed E-state index contributed by atoms with van der Waals surface area (Å²) < 4.78 is 10.7. The molecule has 2 rings (SSSR count). The minimum absolute atomic E-state index is 0.113. The van der Waals surface area contributed by atoms with Gasteiger partial charge in [-0.05, 0) is 23.8 Å². The lowest BCUT2D eigenvalue weighted by Crippen LogP contribution is -2.13. The number of benzene rings is 1. The molecule has 19 heavy (non-hydrogen) atoms. The van der Waals surface area contributed by atoms with E-state index in [1.54, 1.807) is 19.2 Å². The van der Waals surface area contributed by atoms with Crippen molar-refractivity contribution in [3.05, 3.63) is 47.7 Å². The van der Waals surface area contributed by atoms with Gasteiger partial charge in [0.05, 0.1) is 18.4 Å². The predicted octanol–water partition coefficient (Wildman–Crippen LogP) is 1.70. The molecule has 2 aromatic rings. The van der Waals surface area contributed by atoms with Crippen molar-refractivity contribution in [1.29, 1.82) is 5.41 Å². The molecule has 1 aromatic heterocycles. The van der Waals surface area contributed by atoms with Crippen molar-refractivity contribution in [1.82, 2.24) is 10.2 Å². The maximum atomic E-state index is 7.46. The number of aromatic nitrogens is 2. The molecule has 0 spiro atoms. The van der Waals surface area contributed by atoms with Crippen molar-refractivity contribution in [2.75, 3.05) is 7.11 Å². The summed E-state index contributed by atoms with van der Waals surface area (Å²) in [5.41, 5.74) is 6.85. The second-order valence-corrected chi connectivity index (χ2v) is 3.85. The summed E-state index contributed by atoms with van der Waals surface area (Å²) >= 11 is 0. The molecule has 3 N–H and O–H groups in total. The largest absolute Gasteiger partial charge is 0.437 e. The number of rotatable bonds is 5. The monoisotopic (exact) mass is 258 g/mol. The van der Waals surface area contributed by atoms with Crippen LogP contribution in [0.4, 0.5) is 0 Å². The third kappa shape index (κ3) is 3.26. The molecule has 0 aliphatic rings. The van der Waals surface area contributed by atoms with Gasteiger partial charge in [0.15, 0.2) is 0 Å². The normalized spacial score (nSPS) is 10.2. The maximum absolute atomic E-state index is 7.46. The molecule has 0 saturated heterocycles. The van der Waals surface area contributed by atoms with Crippen LogP contribution in [0.3, 0.4) is 0 Å². The molecule has 0 saturated carbocycles. The lowest BCUT2D eigenvalue weighted by Gasteiger charge is -2.09. The number of nitrogens with one attached hydrogen (secondary N) is 1. The van der Waals surface area contributed by atoms with E-state index in [0.29, 0.717) is 17.9 Å². The van der Waals surface area contributed by atoms with Gasteiger partial charge in [0.1, 0.15) is 11.6 Å². The molecule has 0 bridgehead atoms. The molecule has 0 unspecified atom stereocenters. The fourth-order valence-corrected chi connectivity index (χ4v) is 1.58. The van der Waals surface area contributed by atoms with Gasteiger partial charge in [-0.25, -0.2) is 0 Å². The van der Waals surface area contributed by atoms with E-state index in [1.807, 2.05) is 18.2 Å². The van der Waals surface area contributed by atoms with Gasteiger partial charge < -0.3 is 15.2 Å². The van der Waals surface area contributed by atoms with E-state index in [9.17, 15) is 0 Å². The van der Waals surface area contributed by atoms with E-state index < -0.39 is 0 Å². The quantitative estimate of drug-likeness (QED) is 0.628. The zero-order valence-corrected chi connectivity index (χ0v) is 10.5. The molecule has 0 aliphatic heterocycles. The molecular formula is C13H14N4O2. The third-order valence-electron chi connectivity index (χ3n) is 2.40. The smallest absolute Gasteiger partial charge is 0.249 e. The Labute approximate surface area is 110 Å². The highest BCUT2D eigenvalue weighted by molar-refractivity contribution is 5.96. The van der Waals surface area contributed by atoms with Crippen LogP contribution in [0.2, 0.25) is 0 Å². The Bertz CT molecular complexity index is 586. The molecule has 0 atom stereocenters. The lowest BCUT2D eigenvalue weighted by atomic mass is 10.2. The summed E-state index contributed by atoms with van der Waals surface area (Å²) in [5, 5.41) is 15.0. The van der Waals surface area contributed by atoms with Gasteiger partial charge in [-0.2, -0.15) is 5.10 Å². The van der Waals surface area contributed by atoms with Crippen molar-refractivity contribution < 1.29 is 9.47 Å². The minimum atomic E-state index is -0.113. The molecule has 0 amide bonds. The van der Waals surface area contributed by atoms with Crippen LogP contribution in [0.15, 0.2) is 36.5 Å². The molecule has 0 aliphatic carbocycles. The fourth-order valence-electron chi connectivity index (χ4n) is 1.58. The Kier molecular flexibility index (Phi) is 4.04. The SMILES string of the molecule is COCc1cccc(Oc2nnccc2C(=N)N)c1. The summed E-state index contributed by atoms with van der Waals surface area (Å²) in [6.45, 7) is 0.497. The van der Waals surface area contributed by atoms with E-state index in [4.69, 9.17) is 20.6 Å². The topological polar surface area (TPSA) is 94.1 Å². The number of nitrogens with two attached hydrogens (primary N) is 1. The van der Waals surface area contributed by atoms with Crippen LogP contribution >= 0.6 is 0 Å². The van der Waals surface area contributed by atoms with Crippen LogP contribution in [-0.4, -0.2) is 23.1 Å². The zero-order valence-electron chi connectivity index (χ0n) is 10.5. The Morgan fingerprint density at radius 1 is 1.37 bits per heavy atom. The molecule has 0 fully saturated rings. The van der Waals surface area contributed by atoms with Crippen molar-refractivity contribution in [2.45, 2.75) is 6.61 Å². The average molecular weight is 258 g/mol. The number of hydrogen-bond donors (Lipinski definition) is 2. The number of hydrogen-bond acceptors (Lipinski definition) is 5. The standard InChI is InChI=1S/C13H14N4O2/c1-18-8-9-3-2-4-10(7-9)19-13-11(12(14)15)5-6-16-17-13/h2-7H,8H2,1H3,(H3,14,15). The van der Waals surface area contributed by atoms with Crippen LogP contribution in [0, 0.1) is 5.41 Å². The average Bonchev–Trinajstić information content (AvgIpc) is 2.40. The molecule has 1 heterocycles. The van der Waals surface area contributed by atoms with Gasteiger partial charge in [-0.15, -0.1) is 5.10 Å². The summed E-state index contributed by atoms with van der Waals surface area (Å²) in [7, 11) is 1.63. The first kappa shape index (κ1) is 13.0. The molecule has 0 radical (unpaired) electrons. The summed E-state index contributed by atoms with van der Waals surface area (Å²) in [5.74, 6) is 0.695. The highest BCUT2D eigenvalue weighted by Gasteiger charge is 2.09. The first-order valence-corrected chi connectivity index (χ1v) is 5.62. The van der Waals surface area contributed by atoms with Gasteiger partial charge in [0, 0.05) is 7.11 Å². The Hall–Kier alpha value is -2.47. The first-order valence-electron chi connectivity index (χ1n) is 5.62. The van der Waals surface area contributed by atoms with Gasteiger partial charge >= 0.3 is 0 Å². The molecule has 98 valence electrons. The van der Waals surface area contributed by atoms with E-state index in [0.717, 1.165) is 5.56 Å². The molecule has 1 aromatic carbocycles. The molecule has 6 nitrogen and oxygen atoms in total. The van der Waals surface area contributed by atoms with E-state index >= 15 is 0 Å². The number of methoxy groups -OCH3 is 1. The minimum Gasteiger partial charge on any atom is -0.437 e. The Morgan fingerprint density at radius 3 is 2.95 bits per heavy atom. The first-order chi connectivity index (χ1) is 9.20. The van der Waals surface area contributed by atoms with Crippen LogP contribution in [0.1, 0.15) is 11.1 Å². The second-order valence-electron chi connectivity index (χ2n) is 3.85. The highest BCUT2D eigenvalue weighted by atomic mass is 16.5. The van der Waals surface area contributed by atoms with Crippen molar-refractivity contribution in [2.24, 2.45) is 5.73 Å². The van der Waals surface area contributed by atoms with Gasteiger partial charge in [-0.1, -0.05) is 12.1 Å². The summed E-state index contributed by atoms with van der Waals surface area (Å²) in [6, 6.07) is 9.00. The van der Waals surface area contributed by atoms with Crippen LogP contribution < -0.4 is 10.5 Å². The van der Waals surface area contributed by atoms with Crippen LogP contribution in [-0.2, 0) is 11.3 Å². The van der Waals surface area contributed by atoms with E-state index in [1.165, 1.54) is 6.20 Å². The lowest BCUT2D eigenvalue weighted by molar-refractivity contribution is 0.184. The Balaban J connectivity index is 2.26. The number of ether oxygens (including phenoxy) is 2. The van der Waals surface area contributed by atoms with Gasteiger partial charge in [0.25, 0.3) is 0 Å². The second kappa shape index (κ2) is 5.92. The summed E-state index contributed by atoms with van der Waals surface area (Å²) in [4.78, 5) is 0. The molecule has 6 heteroatoms. The maximum Gasteiger partial charge on any atom is 0.249 e. The van der Waals surface area contributed by atoms with E-state index in [2.05, 4.69) is 10.2 Å². The van der Waals surface area contributed by atoms with Crippen LogP contribution in [0.5, 0.6) is 11.6 Å². The van der Waals surface area contributed by atoms with Crippen LogP contribution in [0.25, 0.3) is 0 Å². The Morgan fingerprint density at radius 2 is 2.21 bits per heavy atom. The number of nitrogen functional groups attached to an aromatic ring is 1. The third-order valence-corrected chi connectivity index (χ3v) is 2.40. The highest BCUT2D eigenvalue weighted by Crippen LogP contribution is 2.23. The van der Waals surface area contributed by atoms with Crippen molar-refractivity contribution in [3.8, 4) is 11.6 Å². The van der Waals surface area contributed by atoms with E-state index in [-0.39, 0.29) is 11.7 Å². The van der Waals surface area contributed by atoms with Crippen molar-refractivity contribution in [3.63, 3.8) is 0 Å². The summed E-state index contributed by atoms with van der Waals surface area (Å²) in [6.07, 6.45) is 1.46. The number of amidine groups is 1. The molecular weight excluding hydrogens is 244 g/mol. The fraction of sp³-hybridized carbons (Fsp3) is 0.154. The zero-order chi connectivity index (χ0) is 13.7. The predicted molar refractivity (Wildman–Crippen MR) is 70.3 cm³/mol. The number of nitrogens with zero attached hydrogens (tertiary/aromatic N) is 2. The van der Waals surface area contributed by atoms with Gasteiger partial charge in [0.2, 0.25) is 5.88 Å².